The number of carbonyl (C=O) groups is 1. The van der Waals surface area contributed by atoms with E-state index in [-0.39, 0.29) is 36.1 Å². The number of aromatic nitrogens is 7. The molecule has 1 saturated heterocycles. The Labute approximate surface area is 283 Å². The fourth-order valence-corrected chi connectivity index (χ4v) is 6.44. The first-order valence-corrected chi connectivity index (χ1v) is 16.4. The van der Waals surface area contributed by atoms with Crippen molar-refractivity contribution in [3.63, 3.8) is 0 Å². The van der Waals surface area contributed by atoms with Crippen molar-refractivity contribution in [3.05, 3.63) is 75.4 Å². The van der Waals surface area contributed by atoms with Gasteiger partial charge in [0, 0.05) is 36.4 Å². The Morgan fingerprint density at radius 3 is 2.56 bits per heavy atom. The van der Waals surface area contributed by atoms with Gasteiger partial charge in [-0.1, -0.05) is 38.4 Å². The molecule has 1 aromatic carbocycles. The van der Waals surface area contributed by atoms with Gasteiger partial charge in [-0.2, -0.15) is 10.4 Å². The third-order valence-corrected chi connectivity index (χ3v) is 8.66. The van der Waals surface area contributed by atoms with Crippen LogP contribution < -0.4 is 5.56 Å². The molecule has 4 aromatic heterocycles. The Balaban J connectivity index is 1.43. The molecule has 1 aliphatic heterocycles. The highest BCUT2D eigenvalue weighted by Gasteiger charge is 2.34. The summed E-state index contributed by atoms with van der Waals surface area (Å²) in [6.45, 7) is 13.1. The fourth-order valence-electron chi connectivity index (χ4n) is 6.34. The van der Waals surface area contributed by atoms with Crippen LogP contribution in [0.5, 0.6) is 0 Å². The summed E-state index contributed by atoms with van der Waals surface area (Å²) in [4.78, 5) is 45.5. The Morgan fingerprint density at radius 2 is 1.90 bits per heavy atom. The molecule has 2 atom stereocenters. The summed E-state index contributed by atoms with van der Waals surface area (Å²) < 4.78 is 9.16. The predicted octanol–water partition coefficient (Wildman–Crippen LogP) is 6.19. The van der Waals surface area contributed by atoms with Gasteiger partial charge in [-0.05, 0) is 63.1 Å². The maximum Gasteiger partial charge on any atom is 0.410 e. The molecule has 1 aliphatic rings. The van der Waals surface area contributed by atoms with Crippen LogP contribution in [-0.2, 0) is 17.7 Å². The highest BCUT2D eigenvalue weighted by atomic mass is 35.5. The summed E-state index contributed by atoms with van der Waals surface area (Å²) in [5, 5.41) is 16.5. The van der Waals surface area contributed by atoms with E-state index in [9.17, 15) is 14.9 Å². The number of nitriles is 1. The maximum absolute atomic E-state index is 12.9. The summed E-state index contributed by atoms with van der Waals surface area (Å²) in [6, 6.07) is 8.06. The molecule has 248 valence electrons. The first kappa shape index (κ1) is 33.0. The number of hydrogen-bond acceptors (Lipinski definition) is 9. The van der Waals surface area contributed by atoms with Crippen LogP contribution in [0.2, 0.25) is 5.02 Å². The predicted molar refractivity (Wildman–Crippen MR) is 183 cm³/mol. The smallest absolute Gasteiger partial charge is 0.410 e. The molecule has 48 heavy (non-hydrogen) atoms. The molecule has 13 heteroatoms. The molecule has 0 spiro atoms. The molecule has 0 bridgehead atoms. The number of rotatable bonds is 6. The van der Waals surface area contributed by atoms with Crippen LogP contribution in [0.1, 0.15) is 71.1 Å². The van der Waals surface area contributed by atoms with E-state index in [0.717, 1.165) is 16.5 Å². The molecule has 0 N–H and O–H groups in total. The summed E-state index contributed by atoms with van der Waals surface area (Å²) in [6.07, 6.45) is 7.03. The fraction of sp³-hybridized carbons (Fsp3) is 0.429. The lowest BCUT2D eigenvalue weighted by Gasteiger charge is -2.37. The van der Waals surface area contributed by atoms with E-state index in [2.05, 4.69) is 41.8 Å². The van der Waals surface area contributed by atoms with Crippen LogP contribution in [0.25, 0.3) is 33.2 Å². The number of benzene rings is 1. The van der Waals surface area contributed by atoms with Gasteiger partial charge >= 0.3 is 6.09 Å². The van der Waals surface area contributed by atoms with Gasteiger partial charge in [-0.15, -0.1) is 0 Å². The first-order chi connectivity index (χ1) is 22.8. The molecule has 12 nitrogen and oxygen atoms in total. The highest BCUT2D eigenvalue weighted by molar-refractivity contribution is 6.30. The van der Waals surface area contributed by atoms with Crippen molar-refractivity contribution in [2.75, 3.05) is 13.1 Å². The zero-order valence-corrected chi connectivity index (χ0v) is 28.7. The van der Waals surface area contributed by atoms with Crippen LogP contribution >= 0.6 is 11.6 Å². The van der Waals surface area contributed by atoms with Crippen molar-refractivity contribution in [2.24, 2.45) is 11.8 Å². The Morgan fingerprint density at radius 1 is 1.15 bits per heavy atom. The van der Waals surface area contributed by atoms with Gasteiger partial charge in [0.2, 0.25) is 0 Å². The zero-order valence-electron chi connectivity index (χ0n) is 27.9. The monoisotopic (exact) mass is 667 g/mol. The number of ether oxygens (including phenoxy) is 1. The van der Waals surface area contributed by atoms with Crippen molar-refractivity contribution in [1.82, 2.24) is 39.2 Å². The van der Waals surface area contributed by atoms with Crippen molar-refractivity contribution in [2.45, 2.75) is 72.6 Å². The summed E-state index contributed by atoms with van der Waals surface area (Å²) in [5.74, 6) is 0.776. The van der Waals surface area contributed by atoms with Crippen LogP contribution in [0, 0.1) is 23.2 Å². The second-order valence-electron chi connectivity index (χ2n) is 13.8. The molecule has 0 radical (unpaired) electrons. The number of likely N-dealkylation sites (tertiary alicyclic amines) is 1. The summed E-state index contributed by atoms with van der Waals surface area (Å²) >= 11 is 5.95. The Kier molecular flexibility index (Phi) is 8.92. The van der Waals surface area contributed by atoms with E-state index in [0.29, 0.717) is 64.7 Å². The average Bonchev–Trinajstić information content (AvgIpc) is 3.44. The zero-order chi connectivity index (χ0) is 34.3. The van der Waals surface area contributed by atoms with Gasteiger partial charge in [0.05, 0.1) is 52.3 Å². The minimum atomic E-state index is -0.568. The van der Waals surface area contributed by atoms with E-state index in [1.807, 2.05) is 43.7 Å². The number of hydrogen-bond donors (Lipinski definition) is 0. The maximum atomic E-state index is 12.9. The van der Waals surface area contributed by atoms with Crippen molar-refractivity contribution in [1.29, 1.82) is 5.26 Å². The van der Waals surface area contributed by atoms with Gasteiger partial charge < -0.3 is 9.64 Å². The number of halogens is 1. The molecular formula is C35H38ClN9O3. The van der Waals surface area contributed by atoms with Gasteiger partial charge in [-0.3, -0.25) is 9.36 Å². The molecule has 6 rings (SSSR count). The minimum Gasteiger partial charge on any atom is -0.444 e. The molecule has 0 unspecified atom stereocenters. The molecule has 1 amide bonds. The third kappa shape index (κ3) is 6.60. The van der Waals surface area contributed by atoms with Crippen molar-refractivity contribution >= 4 is 39.8 Å². The largest absolute Gasteiger partial charge is 0.444 e. The number of amides is 1. The Hall–Kier alpha value is -4.89. The number of nitrogens with zero attached hydrogens (tertiary/aromatic N) is 9. The van der Waals surface area contributed by atoms with E-state index in [1.165, 1.54) is 18.6 Å². The Bertz CT molecular complexity index is 2110. The standard InChI is InChI=1S/C35H38ClN9O3/c1-20(2)11-26-24(13-37)32(22-7-8-29-27(12-22)38-17-31(46)44(29)19-30-39-14-23(36)15-40-30)25-16-41-45(33(25)42-26)28-9-10-43(18-21(28)3)34(47)48-35(4,5)6/h7-8,12,14-17,20-21,28H,9-11,18-19H2,1-6H3/t21-,28-/m1/s1. The van der Waals surface area contributed by atoms with Crippen LogP contribution in [-0.4, -0.2) is 64.0 Å². The SMILES string of the molecule is CC(C)Cc1nc2c(cnn2[C@@H]2CCN(C(=O)OC(C)(C)C)C[C@H]2C)c(-c2ccc3c(c2)ncc(=O)n3Cc2ncc(Cl)cn2)c1C#N. The number of fused-ring (bicyclic) bond motifs is 2. The lowest BCUT2D eigenvalue weighted by molar-refractivity contribution is 0.0120. The van der Waals surface area contributed by atoms with Crippen molar-refractivity contribution < 1.29 is 9.53 Å². The second-order valence-corrected chi connectivity index (χ2v) is 14.2. The second kappa shape index (κ2) is 13.0. The van der Waals surface area contributed by atoms with E-state index >= 15 is 0 Å². The first-order valence-electron chi connectivity index (χ1n) is 16.1. The van der Waals surface area contributed by atoms with E-state index < -0.39 is 5.60 Å². The molecular weight excluding hydrogens is 630 g/mol. The minimum absolute atomic E-state index is 0.0100. The quantitative estimate of drug-likeness (QED) is 0.207. The summed E-state index contributed by atoms with van der Waals surface area (Å²) in [7, 11) is 0. The lowest BCUT2D eigenvalue weighted by atomic mass is 9.92. The molecule has 0 saturated carbocycles. The van der Waals surface area contributed by atoms with Crippen LogP contribution in [0.4, 0.5) is 4.79 Å². The van der Waals surface area contributed by atoms with E-state index in [4.69, 9.17) is 26.4 Å². The number of piperidine rings is 1. The molecule has 5 heterocycles. The average molecular weight is 668 g/mol. The topological polar surface area (TPSA) is 145 Å². The third-order valence-electron chi connectivity index (χ3n) is 8.47. The van der Waals surface area contributed by atoms with Gasteiger partial charge in [0.25, 0.3) is 5.56 Å². The summed E-state index contributed by atoms with van der Waals surface area (Å²) in [5.41, 5.74) is 3.72. The number of pyridine rings is 1. The molecule has 5 aromatic rings. The molecule has 0 aliphatic carbocycles. The van der Waals surface area contributed by atoms with Gasteiger partial charge in [-0.25, -0.2) is 29.4 Å². The lowest BCUT2D eigenvalue weighted by Crippen LogP contribution is -2.45. The number of carbonyl (C=O) groups excluding carboxylic acids is 1. The molecule has 1 fully saturated rings. The van der Waals surface area contributed by atoms with Crippen molar-refractivity contribution in [3.8, 4) is 17.2 Å². The van der Waals surface area contributed by atoms with Crippen LogP contribution in [0.15, 0.2) is 47.8 Å². The van der Waals surface area contributed by atoms with Gasteiger partial charge in [0.15, 0.2) is 5.65 Å². The normalized spacial score (nSPS) is 16.9. The highest BCUT2D eigenvalue weighted by Crippen LogP contribution is 2.38. The van der Waals surface area contributed by atoms with E-state index in [1.54, 1.807) is 15.7 Å². The van der Waals surface area contributed by atoms with Gasteiger partial charge in [0.1, 0.15) is 17.5 Å². The van der Waals surface area contributed by atoms with Crippen LogP contribution in [0.3, 0.4) is 0 Å².